The van der Waals surface area contributed by atoms with Crippen LogP contribution in [-0.4, -0.2) is 4.98 Å². The summed E-state index contributed by atoms with van der Waals surface area (Å²) in [5.41, 5.74) is -0.749. The molecule has 10 heavy (non-hydrogen) atoms. The van der Waals surface area contributed by atoms with Crippen molar-refractivity contribution >= 4 is 0 Å². The molecule has 0 fully saturated rings. The van der Waals surface area contributed by atoms with E-state index in [-0.39, 0.29) is 5.56 Å². The number of pyridine rings is 1. The van der Waals surface area contributed by atoms with Gasteiger partial charge < -0.3 is 4.98 Å². The highest BCUT2D eigenvalue weighted by molar-refractivity contribution is 5.10. The van der Waals surface area contributed by atoms with Crippen molar-refractivity contribution in [2.45, 2.75) is 6.43 Å². The summed E-state index contributed by atoms with van der Waals surface area (Å²) < 4.78 is 23.6. The lowest BCUT2D eigenvalue weighted by Gasteiger charge is -1.94. The summed E-state index contributed by atoms with van der Waals surface area (Å²) in [5.74, 6) is 0. The van der Waals surface area contributed by atoms with E-state index in [1.165, 1.54) is 12.3 Å². The molecule has 0 atom stereocenters. The van der Waals surface area contributed by atoms with Crippen LogP contribution in [0, 0.1) is 0 Å². The third-order valence-electron chi connectivity index (χ3n) is 1.05. The second-order valence-electron chi connectivity index (χ2n) is 1.79. The molecule has 0 saturated heterocycles. The molecule has 0 aliphatic carbocycles. The van der Waals surface area contributed by atoms with E-state index >= 15 is 0 Å². The molecule has 4 heteroatoms. The van der Waals surface area contributed by atoms with Crippen LogP contribution < -0.4 is 5.56 Å². The molecule has 0 aromatic carbocycles. The number of hydrogen-bond acceptors (Lipinski definition) is 1. The standard InChI is InChI=1S/C6H5F2NO/c7-6(8)4-1-2-9-5(10)3-4/h1-3,6H,(H,9,10). The predicted molar refractivity (Wildman–Crippen MR) is 32.0 cm³/mol. The summed E-state index contributed by atoms with van der Waals surface area (Å²) in [5, 5.41) is 0. The normalized spacial score (nSPS) is 10.3. The van der Waals surface area contributed by atoms with Gasteiger partial charge in [0.25, 0.3) is 6.43 Å². The molecule has 0 amide bonds. The van der Waals surface area contributed by atoms with Crippen LogP contribution in [0.5, 0.6) is 0 Å². The minimum Gasteiger partial charge on any atom is -0.329 e. The van der Waals surface area contributed by atoms with E-state index in [9.17, 15) is 13.6 Å². The number of H-pyrrole nitrogens is 1. The van der Waals surface area contributed by atoms with Crippen LogP contribution in [0.15, 0.2) is 23.1 Å². The van der Waals surface area contributed by atoms with Crippen molar-refractivity contribution in [1.82, 2.24) is 4.98 Å². The monoisotopic (exact) mass is 145 g/mol. The minimum atomic E-state index is -2.57. The Morgan fingerprint density at radius 2 is 2.20 bits per heavy atom. The molecule has 2 nitrogen and oxygen atoms in total. The fourth-order valence-corrected chi connectivity index (χ4v) is 0.597. The van der Waals surface area contributed by atoms with Gasteiger partial charge in [0.05, 0.1) is 0 Å². The number of aromatic amines is 1. The van der Waals surface area contributed by atoms with Crippen LogP contribution in [0.3, 0.4) is 0 Å². The van der Waals surface area contributed by atoms with Crippen molar-refractivity contribution in [2.75, 3.05) is 0 Å². The molecule has 1 aromatic heterocycles. The number of hydrogen-bond donors (Lipinski definition) is 1. The van der Waals surface area contributed by atoms with Gasteiger partial charge in [-0.2, -0.15) is 0 Å². The van der Waals surface area contributed by atoms with E-state index in [0.717, 1.165) is 6.07 Å². The first kappa shape index (κ1) is 6.92. The van der Waals surface area contributed by atoms with E-state index in [4.69, 9.17) is 0 Å². The lowest BCUT2D eigenvalue weighted by Crippen LogP contribution is -2.03. The summed E-state index contributed by atoms with van der Waals surface area (Å²) in [6.45, 7) is 0. The van der Waals surface area contributed by atoms with Crippen molar-refractivity contribution in [3.63, 3.8) is 0 Å². The van der Waals surface area contributed by atoms with E-state index in [0.29, 0.717) is 0 Å². The first-order valence-corrected chi connectivity index (χ1v) is 2.67. The molecule has 1 aromatic rings. The van der Waals surface area contributed by atoms with Gasteiger partial charge >= 0.3 is 0 Å². The third-order valence-corrected chi connectivity index (χ3v) is 1.05. The zero-order valence-electron chi connectivity index (χ0n) is 4.97. The molecule has 0 radical (unpaired) electrons. The molecular weight excluding hydrogens is 140 g/mol. The summed E-state index contributed by atoms with van der Waals surface area (Å²) in [6, 6.07) is 2.05. The lowest BCUT2D eigenvalue weighted by molar-refractivity contribution is 0.151. The molecule has 0 aliphatic heterocycles. The van der Waals surface area contributed by atoms with Crippen LogP contribution in [0.2, 0.25) is 0 Å². The van der Waals surface area contributed by atoms with Gasteiger partial charge in [-0.05, 0) is 6.07 Å². The van der Waals surface area contributed by atoms with Crippen LogP contribution in [0.25, 0.3) is 0 Å². The molecule has 54 valence electrons. The zero-order valence-corrected chi connectivity index (χ0v) is 4.97. The van der Waals surface area contributed by atoms with E-state index < -0.39 is 12.0 Å². The van der Waals surface area contributed by atoms with Crippen molar-refractivity contribution < 1.29 is 8.78 Å². The molecule has 0 unspecified atom stereocenters. The maximum absolute atomic E-state index is 11.8. The van der Waals surface area contributed by atoms with E-state index in [2.05, 4.69) is 4.98 Å². The van der Waals surface area contributed by atoms with Gasteiger partial charge in [-0.15, -0.1) is 0 Å². The average molecular weight is 145 g/mol. The number of nitrogens with one attached hydrogen (secondary N) is 1. The topological polar surface area (TPSA) is 32.9 Å². The lowest BCUT2D eigenvalue weighted by atomic mass is 10.3. The van der Waals surface area contributed by atoms with E-state index in [1.54, 1.807) is 0 Å². The van der Waals surface area contributed by atoms with Crippen LogP contribution >= 0.6 is 0 Å². The van der Waals surface area contributed by atoms with Gasteiger partial charge in [-0.1, -0.05) is 0 Å². The fraction of sp³-hybridized carbons (Fsp3) is 0.167. The van der Waals surface area contributed by atoms with Gasteiger partial charge in [-0.3, -0.25) is 4.79 Å². The van der Waals surface area contributed by atoms with Gasteiger partial charge in [-0.25, -0.2) is 8.78 Å². The molecule has 1 heterocycles. The maximum Gasteiger partial charge on any atom is 0.264 e. The molecule has 0 saturated carbocycles. The quantitative estimate of drug-likeness (QED) is 0.635. The SMILES string of the molecule is O=c1cc(C(F)F)cc[nH]1. The van der Waals surface area contributed by atoms with Crippen molar-refractivity contribution in [3.8, 4) is 0 Å². The first-order valence-electron chi connectivity index (χ1n) is 2.67. The Hall–Kier alpha value is -1.19. The highest BCUT2D eigenvalue weighted by atomic mass is 19.3. The van der Waals surface area contributed by atoms with Gasteiger partial charge in [0.1, 0.15) is 0 Å². The number of aromatic nitrogens is 1. The second-order valence-corrected chi connectivity index (χ2v) is 1.79. The number of halogens is 2. The Kier molecular flexibility index (Phi) is 1.80. The Bertz CT molecular complexity index is 268. The van der Waals surface area contributed by atoms with Crippen LogP contribution in [0.4, 0.5) is 8.78 Å². The summed E-state index contributed by atoms with van der Waals surface area (Å²) in [7, 11) is 0. The van der Waals surface area contributed by atoms with Crippen molar-refractivity contribution in [3.05, 3.63) is 34.2 Å². The van der Waals surface area contributed by atoms with Crippen molar-refractivity contribution in [2.24, 2.45) is 0 Å². The number of rotatable bonds is 1. The molecular formula is C6H5F2NO. The largest absolute Gasteiger partial charge is 0.329 e. The average Bonchev–Trinajstić information content (AvgIpc) is 1.88. The van der Waals surface area contributed by atoms with Gasteiger partial charge in [0.2, 0.25) is 5.56 Å². The Labute approximate surface area is 55.5 Å². The van der Waals surface area contributed by atoms with Gasteiger partial charge in [0.15, 0.2) is 0 Å². The molecule has 0 bridgehead atoms. The second kappa shape index (κ2) is 2.60. The minimum absolute atomic E-state index is 0.247. The summed E-state index contributed by atoms with van der Waals surface area (Å²) in [4.78, 5) is 12.6. The third kappa shape index (κ3) is 1.40. The molecule has 1 rings (SSSR count). The Morgan fingerprint density at radius 1 is 1.50 bits per heavy atom. The van der Waals surface area contributed by atoms with E-state index in [1.807, 2.05) is 0 Å². The number of alkyl halides is 2. The molecule has 1 N–H and O–H groups in total. The summed E-state index contributed by atoms with van der Waals surface area (Å²) >= 11 is 0. The fourth-order valence-electron chi connectivity index (χ4n) is 0.597. The van der Waals surface area contributed by atoms with Gasteiger partial charge in [0, 0.05) is 17.8 Å². The highest BCUT2D eigenvalue weighted by Crippen LogP contribution is 2.14. The molecule has 0 spiro atoms. The maximum atomic E-state index is 11.8. The van der Waals surface area contributed by atoms with Crippen LogP contribution in [-0.2, 0) is 0 Å². The highest BCUT2D eigenvalue weighted by Gasteiger charge is 2.05. The Morgan fingerprint density at radius 3 is 2.60 bits per heavy atom. The van der Waals surface area contributed by atoms with Crippen molar-refractivity contribution in [1.29, 1.82) is 0 Å². The van der Waals surface area contributed by atoms with Crippen LogP contribution in [0.1, 0.15) is 12.0 Å². The smallest absolute Gasteiger partial charge is 0.264 e. The first-order chi connectivity index (χ1) is 4.70. The predicted octanol–water partition coefficient (Wildman–Crippen LogP) is 1.31. The zero-order chi connectivity index (χ0) is 7.56. The molecule has 0 aliphatic rings. The summed E-state index contributed by atoms with van der Waals surface area (Å²) in [6.07, 6.45) is -1.37. The Balaban J connectivity index is 3.07.